The lowest BCUT2D eigenvalue weighted by molar-refractivity contribution is -0.128. The third-order valence-electron chi connectivity index (χ3n) is 2.42. The summed E-state index contributed by atoms with van der Waals surface area (Å²) in [5, 5.41) is 0. The summed E-state index contributed by atoms with van der Waals surface area (Å²) in [5.74, 6) is -0.418. The van der Waals surface area contributed by atoms with Crippen LogP contribution in [0.15, 0.2) is 0 Å². The molecule has 1 atom stereocenters. The van der Waals surface area contributed by atoms with Gasteiger partial charge >= 0.3 is 0 Å². The predicted molar refractivity (Wildman–Crippen MR) is 46.5 cm³/mol. The molecule has 1 aliphatic rings. The van der Waals surface area contributed by atoms with Gasteiger partial charge in [-0.1, -0.05) is 0 Å². The van der Waals surface area contributed by atoms with Gasteiger partial charge in [0, 0.05) is 0 Å². The van der Waals surface area contributed by atoms with Crippen molar-refractivity contribution in [1.29, 1.82) is 0 Å². The van der Waals surface area contributed by atoms with E-state index in [-0.39, 0.29) is 17.4 Å². The molecular formula is C9H17NO2. The minimum absolute atomic E-state index is 0.160. The lowest BCUT2D eigenvalue weighted by Gasteiger charge is -2.25. The summed E-state index contributed by atoms with van der Waals surface area (Å²) in [4.78, 5) is 11.0. The topological polar surface area (TPSA) is 52.3 Å². The third kappa shape index (κ3) is 1.61. The van der Waals surface area contributed by atoms with Gasteiger partial charge in [-0.15, -0.1) is 0 Å². The van der Waals surface area contributed by atoms with Gasteiger partial charge in [0.2, 0.25) is 5.91 Å². The second kappa shape index (κ2) is 2.46. The molecule has 1 unspecified atom stereocenters. The lowest BCUT2D eigenvalue weighted by atomic mass is 9.87. The number of carbonyl (C=O) groups excluding carboxylic acids is 1. The fraction of sp³-hybridized carbons (Fsp3) is 0.889. The molecule has 0 aromatic carbocycles. The Morgan fingerprint density at radius 2 is 1.92 bits per heavy atom. The number of hydrogen-bond acceptors (Lipinski definition) is 2. The standard InChI is InChI=1S/C9H17NO2/c1-8(2)5-6(7(10)11)9(3,4)12-8/h6H,5H2,1-4H3,(H2,10,11). The normalized spacial score (nSPS) is 31.8. The molecule has 3 heteroatoms. The predicted octanol–water partition coefficient (Wildman–Crippen LogP) is 1.07. The zero-order chi connectivity index (χ0) is 9.57. The van der Waals surface area contributed by atoms with Gasteiger partial charge in [0.15, 0.2) is 0 Å². The highest BCUT2D eigenvalue weighted by molar-refractivity contribution is 5.78. The molecule has 70 valence electrons. The molecule has 0 aromatic heterocycles. The van der Waals surface area contributed by atoms with Crippen LogP contribution in [0.3, 0.4) is 0 Å². The number of primary amides is 1. The van der Waals surface area contributed by atoms with Gasteiger partial charge < -0.3 is 10.5 Å². The van der Waals surface area contributed by atoms with E-state index in [9.17, 15) is 4.79 Å². The van der Waals surface area contributed by atoms with Gasteiger partial charge in [-0.2, -0.15) is 0 Å². The lowest BCUT2D eigenvalue weighted by Crippen LogP contribution is -2.37. The molecule has 1 aliphatic heterocycles. The largest absolute Gasteiger partial charge is 0.369 e. The molecule has 0 spiro atoms. The maximum atomic E-state index is 11.0. The number of rotatable bonds is 1. The van der Waals surface area contributed by atoms with Crippen LogP contribution >= 0.6 is 0 Å². The van der Waals surface area contributed by atoms with Crippen LogP contribution in [0.4, 0.5) is 0 Å². The van der Waals surface area contributed by atoms with Gasteiger partial charge in [0.1, 0.15) is 0 Å². The van der Waals surface area contributed by atoms with Crippen molar-refractivity contribution in [2.24, 2.45) is 11.7 Å². The van der Waals surface area contributed by atoms with E-state index in [2.05, 4.69) is 0 Å². The van der Waals surface area contributed by atoms with Crippen molar-refractivity contribution in [3.8, 4) is 0 Å². The minimum Gasteiger partial charge on any atom is -0.369 e. The molecule has 0 aromatic rings. The Kier molecular flexibility index (Phi) is 1.95. The van der Waals surface area contributed by atoms with Crippen LogP contribution in [0.5, 0.6) is 0 Å². The quantitative estimate of drug-likeness (QED) is 0.641. The maximum Gasteiger partial charge on any atom is 0.223 e. The fourth-order valence-corrected chi connectivity index (χ4v) is 2.01. The Hall–Kier alpha value is -0.570. The minimum atomic E-state index is -0.407. The van der Waals surface area contributed by atoms with Gasteiger partial charge in [-0.25, -0.2) is 0 Å². The first kappa shape index (κ1) is 9.52. The van der Waals surface area contributed by atoms with E-state index in [1.165, 1.54) is 0 Å². The molecule has 1 saturated heterocycles. The summed E-state index contributed by atoms with van der Waals surface area (Å²) < 4.78 is 5.71. The van der Waals surface area contributed by atoms with Crippen LogP contribution in [-0.4, -0.2) is 17.1 Å². The van der Waals surface area contributed by atoms with E-state index < -0.39 is 5.60 Å². The zero-order valence-corrected chi connectivity index (χ0v) is 8.18. The number of ether oxygens (including phenoxy) is 1. The first-order chi connectivity index (χ1) is 5.25. The van der Waals surface area contributed by atoms with E-state index in [0.29, 0.717) is 0 Å². The number of nitrogens with two attached hydrogens (primary N) is 1. The summed E-state index contributed by atoms with van der Waals surface area (Å²) >= 11 is 0. The molecule has 2 N–H and O–H groups in total. The first-order valence-corrected chi connectivity index (χ1v) is 4.24. The van der Waals surface area contributed by atoms with E-state index in [1.54, 1.807) is 0 Å². The molecule has 12 heavy (non-hydrogen) atoms. The van der Waals surface area contributed by atoms with Crippen LogP contribution in [0, 0.1) is 5.92 Å². The summed E-state index contributed by atoms with van der Waals surface area (Å²) in [6, 6.07) is 0. The van der Waals surface area contributed by atoms with Gasteiger partial charge in [0.05, 0.1) is 17.1 Å². The number of hydrogen-bond donors (Lipinski definition) is 1. The fourth-order valence-electron chi connectivity index (χ4n) is 2.01. The van der Waals surface area contributed by atoms with Gasteiger partial charge in [-0.05, 0) is 34.1 Å². The molecule has 0 aliphatic carbocycles. The van der Waals surface area contributed by atoms with Crippen molar-refractivity contribution in [1.82, 2.24) is 0 Å². The van der Waals surface area contributed by atoms with E-state index in [0.717, 1.165) is 6.42 Å². The molecule has 0 bridgehead atoms. The van der Waals surface area contributed by atoms with E-state index >= 15 is 0 Å². The van der Waals surface area contributed by atoms with Crippen molar-refractivity contribution in [2.75, 3.05) is 0 Å². The Morgan fingerprint density at radius 3 is 2.08 bits per heavy atom. The highest BCUT2D eigenvalue weighted by atomic mass is 16.5. The molecule has 0 radical (unpaired) electrons. The van der Waals surface area contributed by atoms with Crippen LogP contribution in [0.1, 0.15) is 34.1 Å². The van der Waals surface area contributed by atoms with E-state index in [1.807, 2.05) is 27.7 Å². The highest BCUT2D eigenvalue weighted by Crippen LogP contribution is 2.41. The van der Waals surface area contributed by atoms with Gasteiger partial charge in [0.25, 0.3) is 0 Å². The number of carbonyl (C=O) groups is 1. The Morgan fingerprint density at radius 1 is 1.42 bits per heavy atom. The SMILES string of the molecule is CC1(C)CC(C(N)=O)C(C)(C)O1. The molecular weight excluding hydrogens is 154 g/mol. The number of amides is 1. The maximum absolute atomic E-state index is 11.0. The highest BCUT2D eigenvalue weighted by Gasteiger charge is 2.48. The second-order valence-electron chi connectivity index (χ2n) is 4.62. The average molecular weight is 171 g/mol. The smallest absolute Gasteiger partial charge is 0.223 e. The Bertz CT molecular complexity index is 209. The zero-order valence-electron chi connectivity index (χ0n) is 8.18. The van der Waals surface area contributed by atoms with E-state index in [4.69, 9.17) is 10.5 Å². The molecule has 0 saturated carbocycles. The molecule has 1 rings (SSSR count). The molecule has 1 fully saturated rings. The first-order valence-electron chi connectivity index (χ1n) is 4.24. The third-order valence-corrected chi connectivity index (χ3v) is 2.42. The summed E-state index contributed by atoms with van der Waals surface area (Å²) in [6.45, 7) is 7.80. The molecule has 3 nitrogen and oxygen atoms in total. The summed E-state index contributed by atoms with van der Waals surface area (Å²) in [5.41, 5.74) is 4.65. The van der Waals surface area contributed by atoms with Crippen LogP contribution in [-0.2, 0) is 9.53 Å². The second-order valence-corrected chi connectivity index (χ2v) is 4.62. The van der Waals surface area contributed by atoms with Crippen LogP contribution < -0.4 is 5.73 Å². The Balaban J connectivity index is 2.85. The van der Waals surface area contributed by atoms with Gasteiger partial charge in [-0.3, -0.25) is 4.79 Å². The Labute approximate surface area is 73.3 Å². The average Bonchev–Trinajstić information content (AvgIpc) is 1.99. The van der Waals surface area contributed by atoms with Crippen molar-refractivity contribution in [2.45, 2.75) is 45.3 Å². The molecule has 1 amide bonds. The van der Waals surface area contributed by atoms with Crippen molar-refractivity contribution in [3.05, 3.63) is 0 Å². The van der Waals surface area contributed by atoms with Crippen molar-refractivity contribution in [3.63, 3.8) is 0 Å². The summed E-state index contributed by atoms with van der Waals surface area (Å²) in [7, 11) is 0. The van der Waals surface area contributed by atoms with Crippen molar-refractivity contribution < 1.29 is 9.53 Å². The van der Waals surface area contributed by atoms with Crippen LogP contribution in [0.2, 0.25) is 0 Å². The van der Waals surface area contributed by atoms with Crippen LogP contribution in [0.25, 0.3) is 0 Å². The summed E-state index contributed by atoms with van der Waals surface area (Å²) in [6.07, 6.45) is 0.718. The van der Waals surface area contributed by atoms with Crippen molar-refractivity contribution >= 4 is 5.91 Å². The molecule has 1 heterocycles. The monoisotopic (exact) mass is 171 g/mol.